The van der Waals surface area contributed by atoms with Gasteiger partial charge in [0.2, 0.25) is 0 Å². The highest BCUT2D eigenvalue weighted by atomic mass is 16.5. The first-order chi connectivity index (χ1) is 16.2. The van der Waals surface area contributed by atoms with Gasteiger partial charge in [0.25, 0.3) is 0 Å². The number of esters is 1. The number of nitrogens with one attached hydrogen (secondary N) is 2. The number of fused-ring (bicyclic) bond motifs is 2. The lowest BCUT2D eigenvalue weighted by Crippen LogP contribution is -2.36. The Morgan fingerprint density at radius 2 is 2.12 bits per heavy atom. The molecule has 1 heterocycles. The molecule has 0 saturated carbocycles. The van der Waals surface area contributed by atoms with Crippen molar-refractivity contribution in [1.29, 1.82) is 0 Å². The Bertz CT molecular complexity index is 1100. The number of para-hydroxylation sites is 1. The van der Waals surface area contributed by atoms with Crippen LogP contribution < -0.4 is 5.32 Å². The number of hydrogen-bond acceptors (Lipinski definition) is 5. The van der Waals surface area contributed by atoms with Crippen LogP contribution in [-0.4, -0.2) is 60.9 Å². The zero-order valence-electron chi connectivity index (χ0n) is 19.2. The second-order valence-corrected chi connectivity index (χ2v) is 8.49. The molecule has 3 aromatic rings. The molecule has 1 aromatic heterocycles. The highest BCUT2D eigenvalue weighted by Crippen LogP contribution is 2.36. The molecule has 0 amide bonds. The quantitative estimate of drug-likeness (QED) is 0.238. The van der Waals surface area contributed by atoms with Gasteiger partial charge in [-0.15, -0.1) is 0 Å². The Morgan fingerprint density at radius 3 is 2.97 bits per heavy atom. The first kappa shape index (κ1) is 23.2. The van der Waals surface area contributed by atoms with Gasteiger partial charge in [-0.25, -0.2) is 4.79 Å². The van der Waals surface area contributed by atoms with Gasteiger partial charge in [-0.3, -0.25) is 4.90 Å². The van der Waals surface area contributed by atoms with E-state index in [0.717, 1.165) is 44.5 Å². The molecule has 174 valence electrons. The van der Waals surface area contributed by atoms with Crippen molar-refractivity contribution < 1.29 is 14.6 Å². The number of aliphatic hydroxyl groups excluding tert-OH is 1. The number of aromatic amines is 1. The minimum absolute atomic E-state index is 0.156. The largest absolute Gasteiger partial charge is 0.466 e. The van der Waals surface area contributed by atoms with E-state index in [1.807, 2.05) is 6.08 Å². The molecule has 0 radical (unpaired) electrons. The van der Waals surface area contributed by atoms with E-state index in [1.54, 1.807) is 0 Å². The van der Waals surface area contributed by atoms with Crippen LogP contribution in [0.3, 0.4) is 0 Å². The van der Waals surface area contributed by atoms with Crippen LogP contribution >= 0.6 is 0 Å². The Labute approximate surface area is 195 Å². The van der Waals surface area contributed by atoms with Crippen LogP contribution in [0.1, 0.15) is 34.7 Å². The van der Waals surface area contributed by atoms with Gasteiger partial charge in [-0.05, 0) is 53.7 Å². The van der Waals surface area contributed by atoms with Gasteiger partial charge in [0.15, 0.2) is 0 Å². The Morgan fingerprint density at radius 1 is 1.24 bits per heavy atom. The Kier molecular flexibility index (Phi) is 7.94. The molecule has 1 atom stereocenters. The van der Waals surface area contributed by atoms with Gasteiger partial charge in [0.1, 0.15) is 0 Å². The topological polar surface area (TPSA) is 77.6 Å². The predicted molar refractivity (Wildman–Crippen MR) is 132 cm³/mol. The molecule has 1 unspecified atom stereocenters. The number of aryl methyl sites for hydroxylation is 1. The lowest BCUT2D eigenvalue weighted by atomic mass is 10.0. The van der Waals surface area contributed by atoms with Gasteiger partial charge in [0, 0.05) is 55.4 Å². The molecule has 3 N–H and O–H groups in total. The van der Waals surface area contributed by atoms with Crippen LogP contribution in [0.25, 0.3) is 17.0 Å². The van der Waals surface area contributed by atoms with Crippen LogP contribution in [-0.2, 0) is 22.4 Å². The van der Waals surface area contributed by atoms with Crippen LogP contribution in [0.15, 0.2) is 54.7 Å². The van der Waals surface area contributed by atoms with E-state index >= 15 is 0 Å². The Balaban J connectivity index is 1.49. The van der Waals surface area contributed by atoms with Gasteiger partial charge >= 0.3 is 5.97 Å². The van der Waals surface area contributed by atoms with E-state index in [2.05, 4.69) is 63.9 Å². The van der Waals surface area contributed by atoms with Crippen molar-refractivity contribution in [3.05, 3.63) is 77.0 Å². The maximum Gasteiger partial charge on any atom is 0.330 e. The summed E-state index contributed by atoms with van der Waals surface area (Å²) in [5, 5.41) is 13.7. The van der Waals surface area contributed by atoms with Crippen molar-refractivity contribution in [1.82, 2.24) is 15.2 Å². The van der Waals surface area contributed by atoms with Gasteiger partial charge in [-0.2, -0.15) is 0 Å². The molecule has 6 nitrogen and oxygen atoms in total. The summed E-state index contributed by atoms with van der Waals surface area (Å²) in [7, 11) is 1.39. The smallest absolute Gasteiger partial charge is 0.330 e. The van der Waals surface area contributed by atoms with Crippen LogP contribution in [0.2, 0.25) is 0 Å². The third-order valence-electron chi connectivity index (χ3n) is 6.47. The molecule has 33 heavy (non-hydrogen) atoms. The summed E-state index contributed by atoms with van der Waals surface area (Å²) in [4.78, 5) is 17.4. The van der Waals surface area contributed by atoms with E-state index in [4.69, 9.17) is 9.84 Å². The molecule has 0 fully saturated rings. The molecule has 6 heteroatoms. The summed E-state index contributed by atoms with van der Waals surface area (Å²) < 4.78 is 4.70. The number of methoxy groups -OCH3 is 1. The second kappa shape index (κ2) is 11.3. The maximum atomic E-state index is 11.4. The van der Waals surface area contributed by atoms with Crippen molar-refractivity contribution in [2.24, 2.45) is 0 Å². The van der Waals surface area contributed by atoms with Crippen LogP contribution in [0.5, 0.6) is 0 Å². The molecule has 1 aliphatic carbocycles. The fraction of sp³-hybridized carbons (Fsp3) is 0.370. The fourth-order valence-electron chi connectivity index (χ4n) is 4.78. The van der Waals surface area contributed by atoms with Crippen molar-refractivity contribution in [3.63, 3.8) is 0 Å². The lowest BCUT2D eigenvalue weighted by molar-refractivity contribution is -0.134. The molecule has 0 saturated heterocycles. The molecule has 0 bridgehead atoms. The van der Waals surface area contributed by atoms with Crippen LogP contribution in [0, 0.1) is 0 Å². The van der Waals surface area contributed by atoms with Gasteiger partial charge in [-0.1, -0.05) is 36.4 Å². The minimum Gasteiger partial charge on any atom is -0.466 e. The number of benzene rings is 2. The molecule has 0 aliphatic heterocycles. The first-order valence-electron chi connectivity index (χ1n) is 11.7. The zero-order valence-corrected chi connectivity index (χ0v) is 19.2. The monoisotopic (exact) mass is 447 g/mol. The standard InChI is InChI=1S/C27H33N3O3/c1-33-27(32)11-7-20-6-9-24-21(18-20)8-10-26(24)30(16-13-28-14-17-31)15-12-22-19-29-25-5-3-2-4-23(22)25/h2-7,9,11,18-19,26,28-29,31H,8,10,12-17H2,1H3. The summed E-state index contributed by atoms with van der Waals surface area (Å²) in [6.45, 7) is 3.52. The van der Waals surface area contributed by atoms with E-state index in [0.29, 0.717) is 12.6 Å². The highest BCUT2D eigenvalue weighted by molar-refractivity contribution is 5.87. The first-order valence-corrected chi connectivity index (χ1v) is 11.7. The highest BCUT2D eigenvalue weighted by Gasteiger charge is 2.27. The summed E-state index contributed by atoms with van der Waals surface area (Å²) in [6, 6.07) is 15.3. The van der Waals surface area contributed by atoms with E-state index in [1.165, 1.54) is 40.8 Å². The average Bonchev–Trinajstić information content (AvgIpc) is 3.46. The fourth-order valence-corrected chi connectivity index (χ4v) is 4.78. The van der Waals surface area contributed by atoms with Gasteiger partial charge < -0.3 is 20.1 Å². The summed E-state index contributed by atoms with van der Waals surface area (Å²) in [6.07, 6.45) is 8.52. The van der Waals surface area contributed by atoms with Crippen molar-refractivity contribution in [3.8, 4) is 0 Å². The molecule has 4 rings (SSSR count). The number of nitrogens with zero attached hydrogens (tertiary/aromatic N) is 1. The lowest BCUT2D eigenvalue weighted by Gasteiger charge is -2.30. The Hall–Kier alpha value is -2.93. The summed E-state index contributed by atoms with van der Waals surface area (Å²) in [5.41, 5.74) is 6.29. The van der Waals surface area contributed by atoms with E-state index in [-0.39, 0.29) is 12.6 Å². The van der Waals surface area contributed by atoms with Crippen molar-refractivity contribution in [2.45, 2.75) is 25.3 Å². The number of aromatic nitrogens is 1. The molecule has 2 aromatic carbocycles. The minimum atomic E-state index is -0.341. The second-order valence-electron chi connectivity index (χ2n) is 8.49. The van der Waals surface area contributed by atoms with Crippen molar-refractivity contribution in [2.75, 3.05) is 39.9 Å². The number of hydrogen-bond donors (Lipinski definition) is 3. The third-order valence-corrected chi connectivity index (χ3v) is 6.47. The van der Waals surface area contributed by atoms with E-state index < -0.39 is 0 Å². The summed E-state index contributed by atoms with van der Waals surface area (Å²) in [5.74, 6) is -0.341. The number of H-pyrrole nitrogens is 1. The maximum absolute atomic E-state index is 11.4. The molecular weight excluding hydrogens is 414 g/mol. The SMILES string of the molecule is COC(=O)C=Cc1ccc2c(c1)CCC2N(CCNCCO)CCc1c[nH]c2ccccc12. The number of ether oxygens (including phenoxy) is 1. The number of rotatable bonds is 11. The number of carbonyl (C=O) groups excluding carboxylic acids is 1. The van der Waals surface area contributed by atoms with Gasteiger partial charge in [0.05, 0.1) is 13.7 Å². The average molecular weight is 448 g/mol. The normalized spacial score (nSPS) is 15.5. The number of carbonyl (C=O) groups is 1. The number of aliphatic hydroxyl groups is 1. The van der Waals surface area contributed by atoms with Crippen LogP contribution in [0.4, 0.5) is 0 Å². The zero-order chi connectivity index (χ0) is 23.0. The molecule has 0 spiro atoms. The third kappa shape index (κ3) is 5.71. The molecule has 1 aliphatic rings. The van der Waals surface area contributed by atoms with E-state index in [9.17, 15) is 4.79 Å². The predicted octanol–water partition coefficient (Wildman–Crippen LogP) is 3.47. The molecular formula is C27H33N3O3. The van der Waals surface area contributed by atoms with Crippen molar-refractivity contribution >= 4 is 22.9 Å². The summed E-state index contributed by atoms with van der Waals surface area (Å²) >= 11 is 0.